The SMILES string of the molecule is CC1CN(C(=O)CCc2nc(-c3ccco3)no2)CCO1. The number of nitrogens with zero attached hydrogens (tertiary/aromatic N) is 3. The Hall–Kier alpha value is -2.15. The van der Waals surface area contributed by atoms with Crippen LogP contribution in [0.2, 0.25) is 0 Å². The third kappa shape index (κ3) is 3.30. The molecule has 0 N–H and O–H groups in total. The van der Waals surface area contributed by atoms with E-state index in [-0.39, 0.29) is 12.0 Å². The van der Waals surface area contributed by atoms with Crippen LogP contribution in [-0.2, 0) is 16.0 Å². The molecule has 7 nitrogen and oxygen atoms in total. The summed E-state index contributed by atoms with van der Waals surface area (Å²) in [5.41, 5.74) is 0. The highest BCUT2D eigenvalue weighted by molar-refractivity contribution is 5.76. The Balaban J connectivity index is 1.54. The number of hydrogen-bond acceptors (Lipinski definition) is 6. The molecule has 0 spiro atoms. The van der Waals surface area contributed by atoms with E-state index in [1.807, 2.05) is 11.8 Å². The van der Waals surface area contributed by atoms with E-state index in [0.29, 0.717) is 50.0 Å². The van der Waals surface area contributed by atoms with E-state index in [1.54, 1.807) is 18.4 Å². The highest BCUT2D eigenvalue weighted by Crippen LogP contribution is 2.16. The summed E-state index contributed by atoms with van der Waals surface area (Å²) in [5, 5.41) is 3.84. The molecule has 3 heterocycles. The molecule has 2 aromatic heterocycles. The molecule has 1 amide bonds. The van der Waals surface area contributed by atoms with E-state index in [1.165, 1.54) is 0 Å². The number of amides is 1. The van der Waals surface area contributed by atoms with E-state index in [0.717, 1.165) is 0 Å². The predicted octanol–water partition coefficient (Wildman–Crippen LogP) is 1.51. The van der Waals surface area contributed by atoms with Gasteiger partial charge in [0.1, 0.15) is 0 Å². The number of aryl methyl sites for hydroxylation is 1. The molecule has 112 valence electrons. The van der Waals surface area contributed by atoms with E-state index >= 15 is 0 Å². The van der Waals surface area contributed by atoms with E-state index < -0.39 is 0 Å². The second-order valence-electron chi connectivity index (χ2n) is 5.01. The summed E-state index contributed by atoms with van der Waals surface area (Å²) >= 11 is 0. The minimum Gasteiger partial charge on any atom is -0.461 e. The fourth-order valence-corrected chi connectivity index (χ4v) is 2.28. The average molecular weight is 291 g/mol. The summed E-state index contributed by atoms with van der Waals surface area (Å²) < 4.78 is 15.7. The van der Waals surface area contributed by atoms with Gasteiger partial charge in [-0.25, -0.2) is 0 Å². The highest BCUT2D eigenvalue weighted by Gasteiger charge is 2.21. The number of carbonyl (C=O) groups excluding carboxylic acids is 1. The maximum absolute atomic E-state index is 12.1. The Kier molecular flexibility index (Phi) is 4.01. The van der Waals surface area contributed by atoms with Crippen molar-refractivity contribution >= 4 is 5.91 Å². The summed E-state index contributed by atoms with van der Waals surface area (Å²) in [6.07, 6.45) is 2.43. The molecule has 3 rings (SSSR count). The molecule has 1 aliphatic heterocycles. The van der Waals surface area contributed by atoms with Crippen LogP contribution in [0.25, 0.3) is 11.6 Å². The number of ether oxygens (including phenoxy) is 1. The normalized spacial score (nSPS) is 18.9. The summed E-state index contributed by atoms with van der Waals surface area (Å²) in [6.45, 7) is 3.84. The molecular weight excluding hydrogens is 274 g/mol. The molecular formula is C14H17N3O4. The number of rotatable bonds is 4. The number of aromatic nitrogens is 2. The van der Waals surface area contributed by atoms with Crippen LogP contribution in [0.15, 0.2) is 27.3 Å². The van der Waals surface area contributed by atoms with Crippen LogP contribution >= 0.6 is 0 Å². The van der Waals surface area contributed by atoms with Gasteiger partial charge in [0.15, 0.2) is 5.76 Å². The summed E-state index contributed by atoms with van der Waals surface area (Å²) in [5.74, 6) is 1.49. The number of furan rings is 1. The van der Waals surface area contributed by atoms with Crippen LogP contribution in [-0.4, -0.2) is 46.7 Å². The minimum atomic E-state index is 0.0860. The molecule has 21 heavy (non-hydrogen) atoms. The second kappa shape index (κ2) is 6.09. The summed E-state index contributed by atoms with van der Waals surface area (Å²) in [4.78, 5) is 18.1. The average Bonchev–Trinajstić information content (AvgIpc) is 3.15. The van der Waals surface area contributed by atoms with Crippen LogP contribution in [0.1, 0.15) is 19.2 Å². The Morgan fingerprint density at radius 2 is 2.43 bits per heavy atom. The Labute approximate surface area is 121 Å². The molecule has 0 aliphatic carbocycles. The molecule has 1 unspecified atom stereocenters. The first-order valence-corrected chi connectivity index (χ1v) is 6.98. The first kappa shape index (κ1) is 13.8. The number of morpholine rings is 1. The van der Waals surface area contributed by atoms with E-state index in [9.17, 15) is 4.79 Å². The maximum atomic E-state index is 12.1. The van der Waals surface area contributed by atoms with Gasteiger partial charge in [0.2, 0.25) is 17.6 Å². The molecule has 0 bridgehead atoms. The van der Waals surface area contributed by atoms with Crippen molar-refractivity contribution in [3.05, 3.63) is 24.3 Å². The lowest BCUT2D eigenvalue weighted by molar-refractivity contribution is -0.138. The van der Waals surface area contributed by atoms with Crippen LogP contribution in [0.4, 0.5) is 0 Å². The zero-order chi connectivity index (χ0) is 14.7. The standard InChI is InChI=1S/C14H17N3O4/c1-10-9-17(6-8-19-10)13(18)5-4-12-15-14(16-21-12)11-3-2-7-20-11/h2-3,7,10H,4-6,8-9H2,1H3. The topological polar surface area (TPSA) is 81.6 Å². The van der Waals surface area contributed by atoms with Crippen LogP contribution < -0.4 is 0 Å². The maximum Gasteiger partial charge on any atom is 0.238 e. The van der Waals surface area contributed by atoms with Crippen molar-refractivity contribution in [1.29, 1.82) is 0 Å². The zero-order valence-corrected chi connectivity index (χ0v) is 11.8. The van der Waals surface area contributed by atoms with Crippen LogP contribution in [0.3, 0.4) is 0 Å². The lowest BCUT2D eigenvalue weighted by atomic mass is 10.2. The highest BCUT2D eigenvalue weighted by atomic mass is 16.5. The first-order chi connectivity index (χ1) is 10.2. The van der Waals surface area contributed by atoms with Gasteiger partial charge in [-0.05, 0) is 19.1 Å². The smallest absolute Gasteiger partial charge is 0.238 e. The molecule has 1 aliphatic rings. The van der Waals surface area contributed by atoms with Crippen molar-refractivity contribution < 1.29 is 18.5 Å². The summed E-state index contributed by atoms with van der Waals surface area (Å²) in [6, 6.07) is 3.52. The van der Waals surface area contributed by atoms with Gasteiger partial charge in [-0.3, -0.25) is 4.79 Å². The molecule has 0 radical (unpaired) electrons. The lowest BCUT2D eigenvalue weighted by Gasteiger charge is -2.31. The fourth-order valence-electron chi connectivity index (χ4n) is 2.28. The van der Waals surface area contributed by atoms with Gasteiger partial charge in [-0.1, -0.05) is 5.16 Å². The Bertz CT molecular complexity index is 593. The van der Waals surface area contributed by atoms with Crippen molar-refractivity contribution in [3.8, 4) is 11.6 Å². The van der Waals surface area contributed by atoms with E-state index in [2.05, 4.69) is 10.1 Å². The largest absolute Gasteiger partial charge is 0.461 e. The van der Waals surface area contributed by atoms with Crippen molar-refractivity contribution in [2.75, 3.05) is 19.7 Å². The zero-order valence-electron chi connectivity index (χ0n) is 11.8. The monoisotopic (exact) mass is 291 g/mol. The van der Waals surface area contributed by atoms with Gasteiger partial charge in [-0.2, -0.15) is 4.98 Å². The van der Waals surface area contributed by atoms with Crippen LogP contribution in [0, 0.1) is 0 Å². The van der Waals surface area contributed by atoms with Gasteiger partial charge >= 0.3 is 0 Å². The van der Waals surface area contributed by atoms with Crippen molar-refractivity contribution in [2.45, 2.75) is 25.9 Å². The van der Waals surface area contributed by atoms with Crippen molar-refractivity contribution in [2.24, 2.45) is 0 Å². The van der Waals surface area contributed by atoms with E-state index in [4.69, 9.17) is 13.7 Å². The predicted molar refractivity (Wildman–Crippen MR) is 72.3 cm³/mol. The molecule has 7 heteroatoms. The van der Waals surface area contributed by atoms with Gasteiger partial charge in [0.05, 0.1) is 19.0 Å². The molecule has 0 saturated carbocycles. The quantitative estimate of drug-likeness (QED) is 0.849. The van der Waals surface area contributed by atoms with Gasteiger partial charge < -0.3 is 18.6 Å². The number of carbonyl (C=O) groups is 1. The second-order valence-corrected chi connectivity index (χ2v) is 5.01. The lowest BCUT2D eigenvalue weighted by Crippen LogP contribution is -2.44. The molecule has 2 aromatic rings. The third-order valence-electron chi connectivity index (χ3n) is 3.36. The first-order valence-electron chi connectivity index (χ1n) is 6.98. The van der Waals surface area contributed by atoms with Crippen molar-refractivity contribution in [3.63, 3.8) is 0 Å². The van der Waals surface area contributed by atoms with Gasteiger partial charge in [0, 0.05) is 25.9 Å². The van der Waals surface area contributed by atoms with Crippen LogP contribution in [0.5, 0.6) is 0 Å². The molecule has 1 saturated heterocycles. The fraction of sp³-hybridized carbons (Fsp3) is 0.500. The molecule has 1 fully saturated rings. The van der Waals surface area contributed by atoms with Crippen molar-refractivity contribution in [1.82, 2.24) is 15.0 Å². The van der Waals surface area contributed by atoms with Gasteiger partial charge in [0.25, 0.3) is 0 Å². The molecule has 1 atom stereocenters. The Morgan fingerprint density at radius 3 is 3.19 bits per heavy atom. The third-order valence-corrected chi connectivity index (χ3v) is 3.36. The Morgan fingerprint density at radius 1 is 1.52 bits per heavy atom. The van der Waals surface area contributed by atoms with Gasteiger partial charge in [-0.15, -0.1) is 0 Å². The minimum absolute atomic E-state index is 0.0860. The summed E-state index contributed by atoms with van der Waals surface area (Å²) in [7, 11) is 0. The number of hydrogen-bond donors (Lipinski definition) is 0. The molecule has 0 aromatic carbocycles.